The van der Waals surface area contributed by atoms with E-state index in [1.807, 2.05) is 26.0 Å². The number of allylic oxidation sites excluding steroid dienone is 2. The molecule has 0 aliphatic rings. The molecule has 2 rings (SSSR count). The Morgan fingerprint density at radius 2 is 2.19 bits per heavy atom. The van der Waals surface area contributed by atoms with Gasteiger partial charge in [-0.1, -0.05) is 16.6 Å². The van der Waals surface area contributed by atoms with Crippen molar-refractivity contribution in [3.8, 4) is 11.8 Å². The van der Waals surface area contributed by atoms with E-state index in [4.69, 9.17) is 5.26 Å². The summed E-state index contributed by atoms with van der Waals surface area (Å²) < 4.78 is 0.669. The van der Waals surface area contributed by atoms with E-state index in [-0.39, 0.29) is 5.75 Å². The lowest BCUT2D eigenvalue weighted by atomic mass is 9.91. The number of phenolic OH excluding ortho intramolecular Hbond substituents is 1. The highest BCUT2D eigenvalue weighted by atomic mass is 16.5. The molecule has 0 saturated heterocycles. The van der Waals surface area contributed by atoms with Crippen LogP contribution in [-0.2, 0) is 0 Å². The third kappa shape index (κ3) is 3.18. The minimum atomic E-state index is -0.441. The Bertz CT molecular complexity index is 729. The molecule has 0 aliphatic carbocycles. The Hall–Kier alpha value is -2.87. The van der Waals surface area contributed by atoms with E-state index >= 15 is 0 Å². The smallest absolute Gasteiger partial charge is 0.289 e. The van der Waals surface area contributed by atoms with E-state index in [2.05, 4.69) is 4.98 Å². The first-order valence-electron chi connectivity index (χ1n) is 6.44. The molecule has 0 amide bonds. The van der Waals surface area contributed by atoms with Gasteiger partial charge in [0.25, 0.3) is 6.33 Å². The molecular formula is C16H15N3O2. The number of hydrogen-bond donors (Lipinski definition) is 1. The van der Waals surface area contributed by atoms with Crippen LogP contribution in [0.25, 0.3) is 0 Å². The Morgan fingerprint density at radius 1 is 1.43 bits per heavy atom. The van der Waals surface area contributed by atoms with Crippen molar-refractivity contribution in [3.05, 3.63) is 70.5 Å². The summed E-state index contributed by atoms with van der Waals surface area (Å²) in [6, 6.07) is 8.25. The lowest BCUT2D eigenvalue weighted by Gasteiger charge is -2.18. The van der Waals surface area contributed by atoms with Gasteiger partial charge >= 0.3 is 0 Å². The summed E-state index contributed by atoms with van der Waals surface area (Å²) in [6.07, 6.45) is 4.58. The summed E-state index contributed by atoms with van der Waals surface area (Å²) >= 11 is 0. The summed E-state index contributed by atoms with van der Waals surface area (Å²) in [5.74, 6) is -0.392. The number of nitrogens with zero attached hydrogens (tertiary/aromatic N) is 3. The van der Waals surface area contributed by atoms with Crippen LogP contribution < -0.4 is 4.73 Å². The predicted octanol–water partition coefficient (Wildman–Crippen LogP) is 2.39. The molecule has 0 bridgehead atoms. The Kier molecular flexibility index (Phi) is 4.19. The zero-order chi connectivity index (χ0) is 15.4. The van der Waals surface area contributed by atoms with Crippen molar-refractivity contribution in [2.75, 3.05) is 0 Å². The fourth-order valence-electron chi connectivity index (χ4n) is 2.14. The number of aromatic hydroxyl groups is 1. The summed E-state index contributed by atoms with van der Waals surface area (Å²) in [5.41, 5.74) is 2.39. The first-order chi connectivity index (χ1) is 10.0. The fraction of sp³-hybridized carbons (Fsp3) is 0.188. The molecule has 21 heavy (non-hydrogen) atoms. The minimum absolute atomic E-state index is 0.0494. The van der Waals surface area contributed by atoms with Gasteiger partial charge in [0, 0.05) is 11.6 Å². The second-order valence-corrected chi connectivity index (χ2v) is 4.94. The largest absolute Gasteiger partial charge is 0.711 e. The highest BCUT2D eigenvalue weighted by Crippen LogP contribution is 2.32. The quantitative estimate of drug-likeness (QED) is 0.532. The molecule has 106 valence electrons. The van der Waals surface area contributed by atoms with Gasteiger partial charge in [-0.05, 0) is 32.0 Å². The fourth-order valence-corrected chi connectivity index (χ4v) is 2.14. The van der Waals surface area contributed by atoms with E-state index in [1.54, 1.807) is 12.1 Å². The Labute approximate surface area is 123 Å². The van der Waals surface area contributed by atoms with Gasteiger partial charge in [0.1, 0.15) is 17.6 Å². The molecule has 1 unspecified atom stereocenters. The van der Waals surface area contributed by atoms with Crippen molar-refractivity contribution in [2.45, 2.75) is 19.8 Å². The van der Waals surface area contributed by atoms with Crippen LogP contribution in [0.4, 0.5) is 0 Å². The van der Waals surface area contributed by atoms with E-state index in [1.165, 1.54) is 24.7 Å². The molecule has 1 aromatic heterocycles. The number of aromatic nitrogens is 2. The van der Waals surface area contributed by atoms with E-state index in [9.17, 15) is 10.3 Å². The monoisotopic (exact) mass is 281 g/mol. The molecule has 1 N–H and O–H groups in total. The van der Waals surface area contributed by atoms with E-state index in [0.717, 1.165) is 5.57 Å². The molecule has 5 nitrogen and oxygen atoms in total. The van der Waals surface area contributed by atoms with Gasteiger partial charge < -0.3 is 10.3 Å². The lowest BCUT2D eigenvalue weighted by molar-refractivity contribution is -0.617. The van der Waals surface area contributed by atoms with Crippen molar-refractivity contribution in [1.29, 1.82) is 5.26 Å². The van der Waals surface area contributed by atoms with Crippen molar-refractivity contribution in [2.24, 2.45) is 0 Å². The molecule has 0 radical (unpaired) electrons. The van der Waals surface area contributed by atoms with E-state index < -0.39 is 5.92 Å². The zero-order valence-electron chi connectivity index (χ0n) is 11.8. The maximum Gasteiger partial charge on any atom is 0.289 e. The molecule has 1 aromatic carbocycles. The minimum Gasteiger partial charge on any atom is -0.711 e. The van der Waals surface area contributed by atoms with Crippen LogP contribution in [0.1, 0.15) is 36.6 Å². The van der Waals surface area contributed by atoms with Gasteiger partial charge in [-0.25, -0.2) is 4.73 Å². The normalized spacial score (nSPS) is 11.5. The third-order valence-electron chi connectivity index (χ3n) is 3.07. The van der Waals surface area contributed by atoms with Crippen LogP contribution in [0, 0.1) is 16.5 Å². The summed E-state index contributed by atoms with van der Waals surface area (Å²) in [6.45, 7) is 3.82. The van der Waals surface area contributed by atoms with Crippen molar-refractivity contribution in [1.82, 2.24) is 4.98 Å². The third-order valence-corrected chi connectivity index (χ3v) is 3.07. The first kappa shape index (κ1) is 14.5. The number of phenols is 1. The van der Waals surface area contributed by atoms with Gasteiger partial charge in [-0.2, -0.15) is 5.26 Å². The molecule has 0 fully saturated rings. The second kappa shape index (κ2) is 6.06. The van der Waals surface area contributed by atoms with E-state index in [0.29, 0.717) is 21.6 Å². The summed E-state index contributed by atoms with van der Waals surface area (Å²) in [4.78, 5) is 3.77. The molecule has 5 heteroatoms. The van der Waals surface area contributed by atoms with Crippen LogP contribution in [0.2, 0.25) is 0 Å². The van der Waals surface area contributed by atoms with Gasteiger partial charge in [-0.15, -0.1) is 0 Å². The number of rotatable bonds is 3. The van der Waals surface area contributed by atoms with Gasteiger partial charge in [0.2, 0.25) is 0 Å². The van der Waals surface area contributed by atoms with Crippen LogP contribution in [0.15, 0.2) is 48.4 Å². The van der Waals surface area contributed by atoms with Crippen LogP contribution >= 0.6 is 0 Å². The van der Waals surface area contributed by atoms with Crippen LogP contribution in [0.3, 0.4) is 0 Å². The molecule has 1 atom stereocenters. The maximum absolute atomic E-state index is 12.0. The van der Waals surface area contributed by atoms with Crippen molar-refractivity contribution >= 4 is 0 Å². The highest BCUT2D eigenvalue weighted by molar-refractivity contribution is 5.47. The Balaban J connectivity index is 2.65. The molecule has 1 heterocycles. The lowest BCUT2D eigenvalue weighted by Crippen LogP contribution is -2.33. The maximum atomic E-state index is 12.0. The van der Waals surface area contributed by atoms with Gasteiger partial charge in [-0.3, -0.25) is 0 Å². The molecule has 0 spiro atoms. The van der Waals surface area contributed by atoms with Crippen LogP contribution in [-0.4, -0.2) is 10.1 Å². The predicted molar refractivity (Wildman–Crippen MR) is 77.3 cm³/mol. The zero-order valence-corrected chi connectivity index (χ0v) is 11.8. The van der Waals surface area contributed by atoms with Crippen molar-refractivity contribution < 1.29 is 9.84 Å². The van der Waals surface area contributed by atoms with Gasteiger partial charge in [0.05, 0.1) is 17.6 Å². The summed E-state index contributed by atoms with van der Waals surface area (Å²) in [7, 11) is 0. The number of nitriles is 1. The summed E-state index contributed by atoms with van der Waals surface area (Å²) in [5, 5.41) is 31.1. The Morgan fingerprint density at radius 3 is 2.81 bits per heavy atom. The SMILES string of the molecule is CC(C)=CC(c1cc(C#N)ccc1O)c1ccnc[n+]1[O-]. The topological polar surface area (TPSA) is 83.8 Å². The molecular weight excluding hydrogens is 266 g/mol. The molecule has 0 aliphatic heterocycles. The highest BCUT2D eigenvalue weighted by Gasteiger charge is 2.20. The second-order valence-electron chi connectivity index (χ2n) is 4.94. The van der Waals surface area contributed by atoms with Gasteiger partial charge in [0.15, 0.2) is 0 Å². The first-order valence-corrected chi connectivity index (χ1v) is 6.44. The van der Waals surface area contributed by atoms with Crippen molar-refractivity contribution in [3.63, 3.8) is 0 Å². The average molecular weight is 281 g/mol. The average Bonchev–Trinajstić information content (AvgIpc) is 2.46. The molecule has 2 aromatic rings. The number of benzene rings is 1. The standard InChI is InChI=1S/C16H15N3O2/c1-11(2)7-13(15-5-6-18-10-19(15)21)14-8-12(9-17)3-4-16(14)20/h3-8,10,13,20H,1-2H3. The number of hydrogen-bond acceptors (Lipinski definition) is 4. The van der Waals surface area contributed by atoms with Crippen LogP contribution in [0.5, 0.6) is 5.75 Å². The molecule has 0 saturated carbocycles.